The van der Waals surface area contributed by atoms with E-state index in [4.69, 9.17) is 10.8 Å². The molecule has 20 heavy (non-hydrogen) atoms. The van der Waals surface area contributed by atoms with Crippen LogP contribution < -0.4 is 10.6 Å². The summed E-state index contributed by atoms with van der Waals surface area (Å²) in [7, 11) is 1.54. The summed E-state index contributed by atoms with van der Waals surface area (Å²) in [6.45, 7) is 0. The lowest BCUT2D eigenvalue weighted by Crippen LogP contribution is -2.27. The molecule has 0 bridgehead atoms. The second-order valence-corrected chi connectivity index (χ2v) is 4.31. The first kappa shape index (κ1) is 13.6. The molecular formula is C15H14N2O3. The highest BCUT2D eigenvalue weighted by Gasteiger charge is 2.19. The molecule has 0 unspecified atom stereocenters. The van der Waals surface area contributed by atoms with Gasteiger partial charge in [0.25, 0.3) is 5.91 Å². The highest BCUT2D eigenvalue weighted by Crippen LogP contribution is 2.21. The van der Waals surface area contributed by atoms with E-state index >= 15 is 0 Å². The molecule has 3 N–H and O–H groups in total. The number of rotatable bonds is 3. The lowest BCUT2D eigenvalue weighted by molar-refractivity contribution is 0.0697. The normalized spacial score (nSPS) is 10.1. The largest absolute Gasteiger partial charge is 0.478 e. The van der Waals surface area contributed by atoms with Crippen molar-refractivity contribution in [2.75, 3.05) is 17.7 Å². The zero-order chi connectivity index (χ0) is 14.7. The SMILES string of the molecule is CN(C(=O)c1cccc(N)c1)c1ccccc1C(=O)O. The van der Waals surface area contributed by atoms with Gasteiger partial charge in [0.2, 0.25) is 0 Å². The molecule has 2 rings (SSSR count). The topological polar surface area (TPSA) is 83.6 Å². The van der Waals surface area contributed by atoms with E-state index in [1.165, 1.54) is 18.0 Å². The average Bonchev–Trinajstić information content (AvgIpc) is 2.45. The van der Waals surface area contributed by atoms with Crippen molar-refractivity contribution in [3.05, 3.63) is 59.7 Å². The minimum Gasteiger partial charge on any atom is -0.478 e. The number of anilines is 2. The van der Waals surface area contributed by atoms with Crippen molar-refractivity contribution in [2.45, 2.75) is 0 Å². The molecule has 5 nitrogen and oxygen atoms in total. The number of carbonyl (C=O) groups is 2. The lowest BCUT2D eigenvalue weighted by atomic mass is 10.1. The van der Waals surface area contributed by atoms with Gasteiger partial charge in [-0.2, -0.15) is 0 Å². The lowest BCUT2D eigenvalue weighted by Gasteiger charge is -2.19. The molecule has 5 heteroatoms. The van der Waals surface area contributed by atoms with Crippen molar-refractivity contribution in [2.24, 2.45) is 0 Å². The number of aromatic carboxylic acids is 1. The second-order valence-electron chi connectivity index (χ2n) is 4.31. The Morgan fingerprint density at radius 1 is 1.10 bits per heavy atom. The molecular weight excluding hydrogens is 256 g/mol. The molecule has 0 aliphatic rings. The number of carbonyl (C=O) groups excluding carboxylic acids is 1. The van der Waals surface area contributed by atoms with Crippen LogP contribution in [0.1, 0.15) is 20.7 Å². The van der Waals surface area contributed by atoms with Crippen molar-refractivity contribution in [3.8, 4) is 0 Å². The Labute approximate surface area is 116 Å². The van der Waals surface area contributed by atoms with Crippen LogP contribution in [-0.2, 0) is 0 Å². The molecule has 102 valence electrons. The first-order valence-electron chi connectivity index (χ1n) is 5.96. The Kier molecular flexibility index (Phi) is 3.70. The van der Waals surface area contributed by atoms with E-state index in [0.717, 1.165) is 0 Å². The highest BCUT2D eigenvalue weighted by molar-refractivity contribution is 6.09. The molecule has 0 spiro atoms. The summed E-state index contributed by atoms with van der Waals surface area (Å²) >= 11 is 0. The third-order valence-electron chi connectivity index (χ3n) is 2.93. The number of para-hydroxylation sites is 1. The van der Waals surface area contributed by atoms with Crippen molar-refractivity contribution in [3.63, 3.8) is 0 Å². The van der Waals surface area contributed by atoms with Crippen molar-refractivity contribution < 1.29 is 14.7 Å². The van der Waals surface area contributed by atoms with E-state index in [1.807, 2.05) is 0 Å². The fraction of sp³-hybridized carbons (Fsp3) is 0.0667. The summed E-state index contributed by atoms with van der Waals surface area (Å²) in [5, 5.41) is 9.15. The highest BCUT2D eigenvalue weighted by atomic mass is 16.4. The summed E-state index contributed by atoms with van der Waals surface area (Å²) in [5.74, 6) is -1.39. The fourth-order valence-electron chi connectivity index (χ4n) is 1.92. The van der Waals surface area contributed by atoms with Crippen LogP contribution in [0, 0.1) is 0 Å². The molecule has 0 heterocycles. The number of nitrogen functional groups attached to an aromatic ring is 1. The van der Waals surface area contributed by atoms with Crippen molar-refractivity contribution in [1.29, 1.82) is 0 Å². The molecule has 2 aromatic carbocycles. The van der Waals surface area contributed by atoms with Gasteiger partial charge in [0.1, 0.15) is 0 Å². The van der Waals surface area contributed by atoms with E-state index in [0.29, 0.717) is 16.9 Å². The third kappa shape index (κ3) is 2.61. The molecule has 2 aromatic rings. The minimum atomic E-state index is -1.08. The van der Waals surface area contributed by atoms with Gasteiger partial charge in [-0.05, 0) is 30.3 Å². The number of hydrogen-bond donors (Lipinski definition) is 2. The van der Waals surface area contributed by atoms with E-state index in [2.05, 4.69) is 0 Å². The summed E-state index contributed by atoms with van der Waals surface area (Å²) in [4.78, 5) is 24.8. The summed E-state index contributed by atoms with van der Waals surface area (Å²) < 4.78 is 0. The molecule has 0 fully saturated rings. The zero-order valence-corrected chi connectivity index (χ0v) is 10.9. The summed E-state index contributed by atoms with van der Waals surface area (Å²) in [6.07, 6.45) is 0. The zero-order valence-electron chi connectivity index (χ0n) is 10.9. The Morgan fingerprint density at radius 3 is 2.45 bits per heavy atom. The smallest absolute Gasteiger partial charge is 0.337 e. The van der Waals surface area contributed by atoms with Crippen LogP contribution >= 0.6 is 0 Å². The van der Waals surface area contributed by atoms with Crippen LogP contribution in [0.25, 0.3) is 0 Å². The molecule has 0 saturated carbocycles. The maximum Gasteiger partial charge on any atom is 0.337 e. The fourth-order valence-corrected chi connectivity index (χ4v) is 1.92. The Hall–Kier alpha value is -2.82. The Balaban J connectivity index is 2.39. The maximum absolute atomic E-state index is 12.3. The predicted molar refractivity (Wildman–Crippen MR) is 77.0 cm³/mol. The molecule has 1 amide bonds. The monoisotopic (exact) mass is 270 g/mol. The second kappa shape index (κ2) is 5.44. The number of hydrogen-bond acceptors (Lipinski definition) is 3. The number of nitrogens with two attached hydrogens (primary N) is 1. The number of benzene rings is 2. The van der Waals surface area contributed by atoms with Gasteiger partial charge in [-0.25, -0.2) is 4.79 Å². The predicted octanol–water partition coefficient (Wildman–Crippen LogP) is 2.24. The van der Waals surface area contributed by atoms with Gasteiger partial charge in [0, 0.05) is 18.3 Å². The van der Waals surface area contributed by atoms with E-state index in [-0.39, 0.29) is 11.5 Å². The average molecular weight is 270 g/mol. The first-order valence-corrected chi connectivity index (χ1v) is 5.96. The van der Waals surface area contributed by atoms with Gasteiger partial charge in [0.05, 0.1) is 11.3 Å². The van der Waals surface area contributed by atoms with Crippen LogP contribution in [0.5, 0.6) is 0 Å². The quantitative estimate of drug-likeness (QED) is 0.838. The van der Waals surface area contributed by atoms with E-state index in [1.54, 1.807) is 42.5 Å². The summed E-state index contributed by atoms with van der Waals surface area (Å²) in [6, 6.07) is 12.9. The van der Waals surface area contributed by atoms with Gasteiger partial charge >= 0.3 is 5.97 Å². The van der Waals surface area contributed by atoms with Gasteiger partial charge in [-0.3, -0.25) is 4.79 Å². The third-order valence-corrected chi connectivity index (χ3v) is 2.93. The molecule has 0 aromatic heterocycles. The standard InChI is InChI=1S/C15H14N2O3/c1-17(13-8-3-2-7-12(13)15(19)20)14(18)10-5-4-6-11(16)9-10/h2-9H,16H2,1H3,(H,19,20). The summed E-state index contributed by atoms with van der Waals surface area (Å²) in [5.41, 5.74) is 6.96. The van der Waals surface area contributed by atoms with Crippen LogP contribution in [0.2, 0.25) is 0 Å². The van der Waals surface area contributed by atoms with Crippen molar-refractivity contribution >= 4 is 23.3 Å². The van der Waals surface area contributed by atoms with Crippen LogP contribution in [0.15, 0.2) is 48.5 Å². The number of carboxylic acid groups (broad SMARTS) is 1. The van der Waals surface area contributed by atoms with Gasteiger partial charge in [-0.1, -0.05) is 18.2 Å². The van der Waals surface area contributed by atoms with Gasteiger partial charge < -0.3 is 15.7 Å². The minimum absolute atomic E-state index is 0.0762. The van der Waals surface area contributed by atoms with E-state index in [9.17, 15) is 9.59 Å². The molecule has 0 aliphatic heterocycles. The number of nitrogens with zero attached hydrogens (tertiary/aromatic N) is 1. The van der Waals surface area contributed by atoms with Crippen LogP contribution in [-0.4, -0.2) is 24.0 Å². The molecule has 0 saturated heterocycles. The van der Waals surface area contributed by atoms with E-state index < -0.39 is 5.97 Å². The number of amides is 1. The Bertz CT molecular complexity index is 668. The van der Waals surface area contributed by atoms with Gasteiger partial charge in [-0.15, -0.1) is 0 Å². The maximum atomic E-state index is 12.3. The van der Waals surface area contributed by atoms with Crippen LogP contribution in [0.4, 0.5) is 11.4 Å². The Morgan fingerprint density at radius 2 is 1.80 bits per heavy atom. The molecule has 0 aliphatic carbocycles. The molecule has 0 radical (unpaired) electrons. The van der Waals surface area contributed by atoms with Gasteiger partial charge in [0.15, 0.2) is 0 Å². The molecule has 0 atom stereocenters. The van der Waals surface area contributed by atoms with Crippen molar-refractivity contribution in [1.82, 2.24) is 0 Å². The van der Waals surface area contributed by atoms with Crippen LogP contribution in [0.3, 0.4) is 0 Å². The first-order chi connectivity index (χ1) is 9.50. The number of carboxylic acids is 1.